The Morgan fingerprint density at radius 1 is 1.00 bits per heavy atom. The molecule has 2 aromatic carbocycles. The maximum Gasteiger partial charge on any atom is 0.270 e. The Balaban J connectivity index is 1.69. The number of carbonyl (C=O) groups is 3. The van der Waals surface area contributed by atoms with Crippen LogP contribution in [0.1, 0.15) is 48.9 Å². The van der Waals surface area contributed by atoms with E-state index in [0.717, 1.165) is 37.0 Å². The van der Waals surface area contributed by atoms with Crippen LogP contribution in [0.4, 0.5) is 11.4 Å². The number of nitrogens with zero attached hydrogens (tertiary/aromatic N) is 3. The largest absolute Gasteiger partial charge is 0.323 e. The molecular formula is C23H23N3O5. The van der Waals surface area contributed by atoms with Gasteiger partial charge in [-0.2, -0.15) is 0 Å². The van der Waals surface area contributed by atoms with E-state index in [4.69, 9.17) is 0 Å². The number of nitro benzene ring substituents is 1. The van der Waals surface area contributed by atoms with Crippen LogP contribution in [0.25, 0.3) is 0 Å². The van der Waals surface area contributed by atoms with E-state index in [0.29, 0.717) is 5.69 Å². The molecule has 2 aromatic rings. The van der Waals surface area contributed by atoms with Crippen molar-refractivity contribution in [2.45, 2.75) is 50.6 Å². The molecule has 0 N–H and O–H groups in total. The fourth-order valence-electron chi connectivity index (χ4n) is 4.50. The van der Waals surface area contributed by atoms with E-state index in [1.165, 1.54) is 29.2 Å². The highest BCUT2D eigenvalue weighted by Gasteiger charge is 2.46. The minimum absolute atomic E-state index is 0.0924. The van der Waals surface area contributed by atoms with Crippen molar-refractivity contribution in [1.29, 1.82) is 0 Å². The lowest BCUT2D eigenvalue weighted by molar-refractivity contribution is -0.384. The Morgan fingerprint density at radius 2 is 1.71 bits per heavy atom. The van der Waals surface area contributed by atoms with Crippen LogP contribution in [-0.2, 0) is 9.59 Å². The molecule has 8 heteroatoms. The second-order valence-corrected chi connectivity index (χ2v) is 7.93. The van der Waals surface area contributed by atoms with Crippen LogP contribution in [0.2, 0.25) is 0 Å². The Morgan fingerprint density at radius 3 is 2.39 bits per heavy atom. The van der Waals surface area contributed by atoms with Crippen molar-refractivity contribution in [3.63, 3.8) is 0 Å². The molecule has 0 radical (unpaired) electrons. The standard InChI is InChI=1S/C23H23N3O5/c27-21-15-20(23(29)25(21)18-11-5-2-6-12-18)24(17-9-3-1-4-10-17)22(28)16-8-7-13-19(14-16)26(30)31/h2,5-8,11-14,17,20H,1,3-4,9-10,15H2. The van der Waals surface area contributed by atoms with Crippen molar-refractivity contribution in [2.75, 3.05) is 4.90 Å². The van der Waals surface area contributed by atoms with Gasteiger partial charge in [0, 0.05) is 23.7 Å². The van der Waals surface area contributed by atoms with Gasteiger partial charge in [0.05, 0.1) is 17.0 Å². The van der Waals surface area contributed by atoms with E-state index in [9.17, 15) is 24.5 Å². The predicted octanol–water partition coefficient (Wildman–Crippen LogP) is 3.70. The number of amides is 3. The average Bonchev–Trinajstić information content (AvgIpc) is 3.08. The molecule has 1 aliphatic heterocycles. The van der Waals surface area contributed by atoms with Crippen LogP contribution in [0.3, 0.4) is 0 Å². The molecule has 0 spiro atoms. The zero-order valence-corrected chi connectivity index (χ0v) is 17.0. The highest BCUT2D eigenvalue weighted by atomic mass is 16.6. The third-order valence-corrected chi connectivity index (χ3v) is 5.98. The van der Waals surface area contributed by atoms with Crippen LogP contribution in [0.15, 0.2) is 54.6 Å². The monoisotopic (exact) mass is 421 g/mol. The Labute approximate surface area is 179 Å². The number of hydrogen-bond donors (Lipinski definition) is 0. The molecule has 2 fully saturated rings. The number of anilines is 1. The summed E-state index contributed by atoms with van der Waals surface area (Å²) >= 11 is 0. The summed E-state index contributed by atoms with van der Waals surface area (Å²) < 4.78 is 0. The third-order valence-electron chi connectivity index (χ3n) is 5.98. The number of para-hydroxylation sites is 1. The molecule has 1 heterocycles. The van der Waals surface area contributed by atoms with Gasteiger partial charge in [-0.1, -0.05) is 43.5 Å². The number of imide groups is 1. The molecule has 8 nitrogen and oxygen atoms in total. The highest BCUT2D eigenvalue weighted by molar-refractivity contribution is 6.23. The highest BCUT2D eigenvalue weighted by Crippen LogP contribution is 2.32. The van der Waals surface area contributed by atoms with E-state index >= 15 is 0 Å². The zero-order chi connectivity index (χ0) is 22.0. The maximum absolute atomic E-state index is 13.5. The van der Waals surface area contributed by atoms with Crippen LogP contribution in [0.5, 0.6) is 0 Å². The van der Waals surface area contributed by atoms with Crippen molar-refractivity contribution in [2.24, 2.45) is 0 Å². The smallest absolute Gasteiger partial charge is 0.270 e. The number of non-ortho nitro benzene ring substituents is 1. The summed E-state index contributed by atoms with van der Waals surface area (Å²) in [6, 6.07) is 13.1. The second kappa shape index (κ2) is 8.67. The molecule has 0 aromatic heterocycles. The van der Waals surface area contributed by atoms with Crippen LogP contribution in [0, 0.1) is 10.1 Å². The number of carbonyl (C=O) groups excluding carboxylic acids is 3. The van der Waals surface area contributed by atoms with E-state index in [2.05, 4.69) is 0 Å². The number of hydrogen-bond acceptors (Lipinski definition) is 5. The molecule has 1 atom stereocenters. The maximum atomic E-state index is 13.5. The first kappa shape index (κ1) is 20.7. The van der Waals surface area contributed by atoms with Gasteiger partial charge in [-0.05, 0) is 31.0 Å². The second-order valence-electron chi connectivity index (χ2n) is 7.93. The van der Waals surface area contributed by atoms with Gasteiger partial charge < -0.3 is 4.90 Å². The van der Waals surface area contributed by atoms with Gasteiger partial charge in [-0.3, -0.25) is 24.5 Å². The first-order valence-electron chi connectivity index (χ1n) is 10.5. The van der Waals surface area contributed by atoms with Crippen molar-refractivity contribution in [1.82, 2.24) is 4.90 Å². The summed E-state index contributed by atoms with van der Waals surface area (Å²) in [5.41, 5.74) is 0.443. The van der Waals surface area contributed by atoms with Crippen LogP contribution in [-0.4, -0.2) is 39.6 Å². The molecule has 1 aliphatic carbocycles. The predicted molar refractivity (Wildman–Crippen MR) is 113 cm³/mol. The molecule has 31 heavy (non-hydrogen) atoms. The van der Waals surface area contributed by atoms with Gasteiger partial charge in [-0.25, -0.2) is 4.90 Å². The molecule has 1 unspecified atom stereocenters. The summed E-state index contributed by atoms with van der Waals surface area (Å²) in [6.07, 6.45) is 4.31. The van der Waals surface area contributed by atoms with Gasteiger partial charge in [0.15, 0.2) is 0 Å². The van der Waals surface area contributed by atoms with Crippen molar-refractivity contribution < 1.29 is 19.3 Å². The number of nitro groups is 1. The lowest BCUT2D eigenvalue weighted by Crippen LogP contribution is -2.51. The third kappa shape index (κ3) is 4.05. The topological polar surface area (TPSA) is 101 Å². The zero-order valence-electron chi connectivity index (χ0n) is 17.0. The van der Waals surface area contributed by atoms with Crippen molar-refractivity contribution in [3.05, 3.63) is 70.3 Å². The summed E-state index contributed by atoms with van der Waals surface area (Å²) in [5.74, 6) is -1.23. The quantitative estimate of drug-likeness (QED) is 0.416. The molecule has 4 rings (SSSR count). The SMILES string of the molecule is O=C1CC(N(C(=O)c2cccc([N+](=O)[O-])c2)C2CCCCC2)C(=O)N1c1ccccc1. The Bertz CT molecular complexity index is 1020. The van der Waals surface area contributed by atoms with E-state index < -0.39 is 22.8 Å². The fourth-order valence-corrected chi connectivity index (χ4v) is 4.50. The summed E-state index contributed by atoms with van der Waals surface area (Å²) in [5, 5.41) is 11.2. The minimum Gasteiger partial charge on any atom is -0.323 e. The minimum atomic E-state index is -0.914. The van der Waals surface area contributed by atoms with Gasteiger partial charge >= 0.3 is 0 Å². The Kier molecular flexibility index (Phi) is 5.79. The van der Waals surface area contributed by atoms with E-state index in [1.807, 2.05) is 0 Å². The van der Waals surface area contributed by atoms with Gasteiger partial charge in [0.2, 0.25) is 5.91 Å². The molecule has 2 aliphatic rings. The van der Waals surface area contributed by atoms with Crippen molar-refractivity contribution >= 4 is 29.1 Å². The summed E-state index contributed by atoms with van der Waals surface area (Å²) in [6.45, 7) is 0. The fraction of sp³-hybridized carbons (Fsp3) is 0.348. The van der Waals surface area contributed by atoms with Crippen molar-refractivity contribution in [3.8, 4) is 0 Å². The lowest BCUT2D eigenvalue weighted by atomic mass is 9.92. The van der Waals surface area contributed by atoms with Crippen LogP contribution >= 0.6 is 0 Å². The van der Waals surface area contributed by atoms with Gasteiger partial charge in [0.1, 0.15) is 6.04 Å². The average molecular weight is 421 g/mol. The molecule has 1 saturated heterocycles. The van der Waals surface area contributed by atoms with Gasteiger partial charge in [-0.15, -0.1) is 0 Å². The summed E-state index contributed by atoms with van der Waals surface area (Å²) in [4.78, 5) is 52.9. The molecule has 0 bridgehead atoms. The molecule has 1 saturated carbocycles. The first-order valence-corrected chi connectivity index (χ1v) is 10.5. The lowest BCUT2D eigenvalue weighted by Gasteiger charge is -2.37. The number of benzene rings is 2. The number of rotatable bonds is 5. The summed E-state index contributed by atoms with van der Waals surface area (Å²) in [7, 11) is 0. The molecule has 160 valence electrons. The Hall–Kier alpha value is -3.55. The van der Waals surface area contributed by atoms with E-state index in [-0.39, 0.29) is 29.6 Å². The normalized spacial score (nSPS) is 19.5. The van der Waals surface area contributed by atoms with E-state index in [1.54, 1.807) is 30.3 Å². The molecule has 3 amide bonds. The van der Waals surface area contributed by atoms with Crippen LogP contribution < -0.4 is 4.90 Å². The molecular weight excluding hydrogens is 398 g/mol. The first-order chi connectivity index (χ1) is 15.0. The van der Waals surface area contributed by atoms with Gasteiger partial charge in [0.25, 0.3) is 17.5 Å².